The molecule has 0 aliphatic heterocycles. The van der Waals surface area contributed by atoms with Gasteiger partial charge in [-0.2, -0.15) is 10.2 Å². The third-order valence-corrected chi connectivity index (χ3v) is 8.52. The molecule has 8 aromatic rings. The predicted molar refractivity (Wildman–Crippen MR) is 168 cm³/mol. The van der Waals surface area contributed by atoms with Crippen LogP contribution in [0.4, 0.5) is 0 Å². The molecule has 4 nitrogen and oxygen atoms in total. The Morgan fingerprint density at radius 3 is 1.23 bits per heavy atom. The van der Waals surface area contributed by atoms with Crippen LogP contribution < -0.4 is 0 Å². The summed E-state index contributed by atoms with van der Waals surface area (Å²) in [5.41, 5.74) is 16.3. The maximum Gasteiger partial charge on any atom is 0.101 e. The Bertz CT molecular complexity index is 2210. The number of fused-ring (bicyclic) bond motifs is 10. The van der Waals surface area contributed by atoms with Crippen LogP contribution in [0.25, 0.3) is 65.8 Å². The maximum atomic E-state index is 5.28. The summed E-state index contributed by atoms with van der Waals surface area (Å²) < 4.78 is 4.26. The van der Waals surface area contributed by atoms with Gasteiger partial charge in [0.15, 0.2) is 0 Å². The molecule has 0 aliphatic carbocycles. The van der Waals surface area contributed by atoms with Gasteiger partial charge in [0, 0.05) is 32.7 Å². The number of hydrogen-bond donors (Lipinski definition) is 0. The van der Waals surface area contributed by atoms with Crippen molar-refractivity contribution in [1.29, 1.82) is 0 Å². The zero-order chi connectivity index (χ0) is 27.4. The maximum absolute atomic E-state index is 5.28. The van der Waals surface area contributed by atoms with E-state index in [9.17, 15) is 0 Å². The molecule has 4 aromatic heterocycles. The molecule has 0 bridgehead atoms. The van der Waals surface area contributed by atoms with Crippen molar-refractivity contribution >= 4 is 54.6 Å². The first kappa shape index (κ1) is 23.2. The van der Waals surface area contributed by atoms with E-state index in [2.05, 4.69) is 123 Å². The van der Waals surface area contributed by atoms with Gasteiger partial charge in [0.1, 0.15) is 11.0 Å². The Morgan fingerprint density at radius 1 is 0.400 bits per heavy atom. The minimum absolute atomic E-state index is 1.01. The molecular formula is C36H30N4. The molecule has 0 unspecified atom stereocenters. The van der Waals surface area contributed by atoms with Gasteiger partial charge in [0.25, 0.3) is 0 Å². The van der Waals surface area contributed by atoms with Gasteiger partial charge in [0.2, 0.25) is 0 Å². The molecule has 40 heavy (non-hydrogen) atoms. The van der Waals surface area contributed by atoms with Gasteiger partial charge < -0.3 is 0 Å². The fourth-order valence-corrected chi connectivity index (χ4v) is 6.62. The molecule has 4 heterocycles. The average Bonchev–Trinajstić information content (AvgIpc) is 3.46. The molecule has 0 amide bonds. The molecule has 0 radical (unpaired) electrons. The Balaban J connectivity index is 1.51. The van der Waals surface area contributed by atoms with E-state index < -0.39 is 0 Å². The Kier molecular flexibility index (Phi) is 4.60. The zero-order valence-electron chi connectivity index (χ0n) is 23.7. The van der Waals surface area contributed by atoms with Crippen molar-refractivity contribution in [3.8, 4) is 11.1 Å². The third kappa shape index (κ3) is 3.13. The van der Waals surface area contributed by atoms with Crippen LogP contribution in [0.3, 0.4) is 0 Å². The third-order valence-electron chi connectivity index (χ3n) is 8.52. The highest BCUT2D eigenvalue weighted by Gasteiger charge is 2.20. The van der Waals surface area contributed by atoms with Gasteiger partial charge >= 0.3 is 0 Å². The predicted octanol–water partition coefficient (Wildman–Crippen LogP) is 9.11. The largest absolute Gasteiger partial charge is 0.232 e. The number of aromatic nitrogens is 4. The molecule has 0 N–H and O–H groups in total. The smallest absolute Gasteiger partial charge is 0.101 e. The summed E-state index contributed by atoms with van der Waals surface area (Å²) in [6.45, 7) is 13.1. The molecule has 0 aliphatic rings. The molecule has 8 rings (SSSR count). The van der Waals surface area contributed by atoms with Crippen molar-refractivity contribution in [2.75, 3.05) is 0 Å². The summed E-state index contributed by atoms with van der Waals surface area (Å²) in [6, 6.07) is 26.9. The average molecular weight is 519 g/mol. The van der Waals surface area contributed by atoms with Crippen LogP contribution in [-0.4, -0.2) is 19.2 Å². The van der Waals surface area contributed by atoms with Crippen molar-refractivity contribution in [1.82, 2.24) is 19.2 Å². The van der Waals surface area contributed by atoms with Gasteiger partial charge in [0.05, 0.1) is 22.1 Å². The second-order valence-corrected chi connectivity index (χ2v) is 11.7. The second-order valence-electron chi connectivity index (χ2n) is 11.7. The lowest BCUT2D eigenvalue weighted by Crippen LogP contribution is -1.93. The minimum atomic E-state index is 1.01. The van der Waals surface area contributed by atoms with E-state index in [0.29, 0.717) is 0 Å². The van der Waals surface area contributed by atoms with E-state index in [1.54, 1.807) is 0 Å². The van der Waals surface area contributed by atoms with Crippen molar-refractivity contribution in [2.24, 2.45) is 0 Å². The summed E-state index contributed by atoms with van der Waals surface area (Å²) in [7, 11) is 0. The van der Waals surface area contributed by atoms with E-state index >= 15 is 0 Å². The van der Waals surface area contributed by atoms with Crippen molar-refractivity contribution in [2.45, 2.75) is 41.5 Å². The number of hydrogen-bond acceptors (Lipinski definition) is 2. The lowest BCUT2D eigenvalue weighted by molar-refractivity contribution is 1.02. The van der Waals surface area contributed by atoms with Crippen LogP contribution in [0.1, 0.15) is 33.4 Å². The number of aryl methyl sites for hydroxylation is 6. The Hall–Kier alpha value is -4.70. The summed E-state index contributed by atoms with van der Waals surface area (Å²) in [5.74, 6) is 0. The van der Waals surface area contributed by atoms with Crippen LogP contribution >= 0.6 is 0 Å². The van der Waals surface area contributed by atoms with Gasteiger partial charge in [-0.3, -0.25) is 0 Å². The Labute approximate surface area is 232 Å². The lowest BCUT2D eigenvalue weighted by atomic mass is 9.95. The summed E-state index contributed by atoms with van der Waals surface area (Å²) in [4.78, 5) is 0. The van der Waals surface area contributed by atoms with Crippen LogP contribution in [-0.2, 0) is 0 Å². The highest BCUT2D eigenvalue weighted by Crippen LogP contribution is 2.39. The van der Waals surface area contributed by atoms with Gasteiger partial charge in [-0.1, -0.05) is 23.3 Å². The highest BCUT2D eigenvalue weighted by atomic mass is 15.2. The van der Waals surface area contributed by atoms with Crippen LogP contribution in [0.2, 0.25) is 0 Å². The standard InChI is InChI=1S/C36H30N4/c1-19-7-9-31-25(11-19)23(5)17-33-29-15-21(3)13-27(35(29)37-39(31)33)28-14-22(4)16-30-34-18-24(6)26-12-20(2)8-10-32(26)40(34)38-36(28)30/h7-18H,1-6H3. The summed E-state index contributed by atoms with van der Waals surface area (Å²) in [5, 5.41) is 15.4. The van der Waals surface area contributed by atoms with Gasteiger partial charge in [-0.15, -0.1) is 0 Å². The molecule has 4 heteroatoms. The monoisotopic (exact) mass is 518 g/mol. The lowest BCUT2D eigenvalue weighted by Gasteiger charge is -2.07. The molecule has 0 saturated heterocycles. The molecule has 0 atom stereocenters. The fourth-order valence-electron chi connectivity index (χ4n) is 6.62. The second kappa shape index (κ2) is 7.92. The van der Waals surface area contributed by atoms with E-state index in [-0.39, 0.29) is 0 Å². The van der Waals surface area contributed by atoms with E-state index in [1.165, 1.54) is 54.9 Å². The number of rotatable bonds is 1. The SMILES string of the molecule is Cc1ccc2c(c1)c(C)cc1c3cc(C)cc(-c4cc(C)cc5c4nn4c6ccc(C)cc6c(C)cc54)c3nn21. The van der Waals surface area contributed by atoms with Crippen molar-refractivity contribution < 1.29 is 0 Å². The summed E-state index contributed by atoms with van der Waals surface area (Å²) in [6.07, 6.45) is 0. The number of pyridine rings is 2. The molecule has 4 aromatic carbocycles. The van der Waals surface area contributed by atoms with Gasteiger partial charge in [-0.25, -0.2) is 9.03 Å². The first-order valence-corrected chi connectivity index (χ1v) is 13.9. The van der Waals surface area contributed by atoms with E-state index in [1.807, 2.05) is 0 Å². The molecule has 194 valence electrons. The van der Waals surface area contributed by atoms with Crippen molar-refractivity contribution in [3.05, 3.63) is 106 Å². The van der Waals surface area contributed by atoms with Crippen LogP contribution in [0, 0.1) is 41.5 Å². The molecule has 0 spiro atoms. The molecular weight excluding hydrogens is 488 g/mol. The van der Waals surface area contributed by atoms with Crippen molar-refractivity contribution in [3.63, 3.8) is 0 Å². The minimum Gasteiger partial charge on any atom is -0.232 e. The number of benzene rings is 4. The summed E-state index contributed by atoms with van der Waals surface area (Å²) >= 11 is 0. The molecule has 0 saturated carbocycles. The normalized spacial score (nSPS) is 12.2. The first-order chi connectivity index (χ1) is 19.3. The highest BCUT2D eigenvalue weighted by molar-refractivity contribution is 6.11. The topological polar surface area (TPSA) is 34.6 Å². The van der Waals surface area contributed by atoms with E-state index in [0.717, 1.165) is 44.2 Å². The van der Waals surface area contributed by atoms with Crippen LogP contribution in [0.5, 0.6) is 0 Å². The first-order valence-electron chi connectivity index (χ1n) is 13.9. The van der Waals surface area contributed by atoms with Gasteiger partial charge in [-0.05, 0) is 124 Å². The van der Waals surface area contributed by atoms with E-state index in [4.69, 9.17) is 10.2 Å². The molecule has 0 fully saturated rings. The fraction of sp³-hybridized carbons (Fsp3) is 0.167. The number of nitrogens with zero attached hydrogens (tertiary/aromatic N) is 4. The zero-order valence-corrected chi connectivity index (χ0v) is 23.7. The van der Waals surface area contributed by atoms with Crippen LogP contribution in [0.15, 0.2) is 72.8 Å². The Morgan fingerprint density at radius 2 is 0.800 bits per heavy atom. The quantitative estimate of drug-likeness (QED) is 0.217.